The molecule has 0 aliphatic carbocycles. The number of rotatable bonds is 12. The minimum absolute atomic E-state index is 0.158. The number of hydrogen-bond donors (Lipinski definition) is 0. The highest BCUT2D eigenvalue weighted by Crippen LogP contribution is 2.27. The molecular weight excluding hydrogens is 288 g/mol. The van der Waals surface area contributed by atoms with E-state index in [1.807, 2.05) is 0 Å². The lowest BCUT2D eigenvalue weighted by Crippen LogP contribution is -1.94. The summed E-state index contributed by atoms with van der Waals surface area (Å²) in [4.78, 5) is 23.2. The van der Waals surface area contributed by atoms with E-state index < -0.39 is 0 Å². The third kappa shape index (κ3) is 14.4. The van der Waals surface area contributed by atoms with Crippen molar-refractivity contribution in [2.45, 2.75) is 90.9 Å². The smallest absolute Gasteiger partial charge is 0.199 e. The average Bonchev–Trinajstić information content (AvgIpc) is 2.44. The Morgan fingerprint density at radius 1 is 0.600 bits per heavy atom. The van der Waals surface area contributed by atoms with Crippen LogP contribution in [0.1, 0.15) is 90.9 Å². The van der Waals surface area contributed by atoms with Gasteiger partial charge in [0.2, 0.25) is 0 Å². The summed E-state index contributed by atoms with van der Waals surface area (Å²) in [6, 6.07) is 0. The lowest BCUT2D eigenvalue weighted by atomic mass is 10.1. The summed E-state index contributed by atoms with van der Waals surface area (Å²) in [5.41, 5.74) is 0. The van der Waals surface area contributed by atoms with Crippen LogP contribution in [0.5, 0.6) is 0 Å². The van der Waals surface area contributed by atoms with Crippen LogP contribution in [0, 0.1) is 0 Å². The highest BCUT2D eigenvalue weighted by atomic mass is 33.1. The molecule has 0 heterocycles. The Labute approximate surface area is 132 Å². The van der Waals surface area contributed by atoms with Gasteiger partial charge in [-0.25, -0.2) is 0 Å². The van der Waals surface area contributed by atoms with Crippen LogP contribution in [-0.2, 0) is 9.59 Å². The third-order valence-electron chi connectivity index (χ3n) is 3.20. The van der Waals surface area contributed by atoms with E-state index in [9.17, 15) is 9.59 Å². The van der Waals surface area contributed by atoms with Crippen LogP contribution in [0.25, 0.3) is 0 Å². The Hall–Kier alpha value is 0.0400. The molecule has 118 valence electrons. The summed E-state index contributed by atoms with van der Waals surface area (Å²) < 4.78 is 0. The van der Waals surface area contributed by atoms with Crippen LogP contribution in [0.4, 0.5) is 0 Å². The van der Waals surface area contributed by atoms with E-state index >= 15 is 0 Å². The Balaban J connectivity index is 3.37. The van der Waals surface area contributed by atoms with Crippen LogP contribution in [0.15, 0.2) is 0 Å². The largest absolute Gasteiger partial charge is 0.286 e. The zero-order chi connectivity index (χ0) is 15.1. The van der Waals surface area contributed by atoms with E-state index in [0.717, 1.165) is 47.3 Å². The van der Waals surface area contributed by atoms with Crippen molar-refractivity contribution in [3.05, 3.63) is 0 Å². The molecule has 0 aromatic rings. The minimum atomic E-state index is 0.158. The zero-order valence-corrected chi connectivity index (χ0v) is 14.8. The summed E-state index contributed by atoms with van der Waals surface area (Å²) >= 11 is 0. The molecule has 0 amide bonds. The molecule has 0 unspecified atom stereocenters. The molecule has 0 aromatic carbocycles. The first kappa shape index (κ1) is 20.0. The van der Waals surface area contributed by atoms with E-state index in [1.54, 1.807) is 0 Å². The van der Waals surface area contributed by atoms with Crippen LogP contribution >= 0.6 is 21.6 Å². The number of carbonyl (C=O) groups is 2. The van der Waals surface area contributed by atoms with Crippen LogP contribution < -0.4 is 0 Å². The molecule has 0 spiro atoms. The fraction of sp³-hybridized carbons (Fsp3) is 0.875. The summed E-state index contributed by atoms with van der Waals surface area (Å²) in [5.74, 6) is 0. The molecule has 0 N–H and O–H groups in total. The predicted octanol–water partition coefficient (Wildman–Crippen LogP) is 6.14. The van der Waals surface area contributed by atoms with Gasteiger partial charge in [-0.05, 0) is 34.4 Å². The average molecular weight is 319 g/mol. The number of carbonyl (C=O) groups excluding carboxylic acids is 2. The first-order valence-corrected chi connectivity index (χ1v) is 10.3. The quantitative estimate of drug-likeness (QED) is 0.319. The summed E-state index contributed by atoms with van der Waals surface area (Å²) in [6.07, 6.45) is 12.9. The van der Waals surface area contributed by atoms with Crippen molar-refractivity contribution in [3.8, 4) is 0 Å². The second-order valence-electron chi connectivity index (χ2n) is 5.24. The number of unbranched alkanes of at least 4 members (excludes halogenated alkanes) is 8. The summed E-state index contributed by atoms with van der Waals surface area (Å²) in [7, 11) is 2.29. The van der Waals surface area contributed by atoms with Gasteiger partial charge in [0, 0.05) is 12.8 Å². The molecule has 0 fully saturated rings. The highest BCUT2D eigenvalue weighted by Gasteiger charge is 2.08. The fourth-order valence-electron chi connectivity index (χ4n) is 1.92. The van der Waals surface area contributed by atoms with Crippen LogP contribution in [0.3, 0.4) is 0 Å². The molecule has 0 rings (SSSR count). The van der Waals surface area contributed by atoms with Gasteiger partial charge < -0.3 is 0 Å². The molecule has 0 aliphatic rings. The molecule has 0 saturated carbocycles. The second-order valence-corrected chi connectivity index (χ2v) is 7.48. The topological polar surface area (TPSA) is 34.1 Å². The first-order chi connectivity index (χ1) is 9.70. The van der Waals surface area contributed by atoms with Gasteiger partial charge in [0.15, 0.2) is 10.2 Å². The van der Waals surface area contributed by atoms with Crippen molar-refractivity contribution in [2.24, 2.45) is 0 Å². The maximum atomic E-state index is 11.6. The maximum Gasteiger partial charge on any atom is 0.199 e. The van der Waals surface area contributed by atoms with Gasteiger partial charge in [-0.1, -0.05) is 65.2 Å². The van der Waals surface area contributed by atoms with Crippen molar-refractivity contribution in [3.63, 3.8) is 0 Å². The molecule has 4 heteroatoms. The van der Waals surface area contributed by atoms with E-state index in [2.05, 4.69) is 13.8 Å². The van der Waals surface area contributed by atoms with Gasteiger partial charge in [0.1, 0.15) is 0 Å². The van der Waals surface area contributed by atoms with Gasteiger partial charge in [-0.15, -0.1) is 0 Å². The SMILES string of the molecule is CCCCCCCC(=O)SSC(=O)CCCCCCC. The first-order valence-electron chi connectivity index (χ1n) is 8.10. The summed E-state index contributed by atoms with van der Waals surface area (Å²) in [5, 5.41) is 0.316. The van der Waals surface area contributed by atoms with E-state index in [4.69, 9.17) is 0 Å². The molecule has 0 aromatic heterocycles. The molecule has 0 atom stereocenters. The van der Waals surface area contributed by atoms with Crippen molar-refractivity contribution in [1.29, 1.82) is 0 Å². The third-order valence-corrected chi connectivity index (χ3v) is 5.43. The minimum Gasteiger partial charge on any atom is -0.286 e. The molecule has 2 nitrogen and oxygen atoms in total. The Bertz CT molecular complexity index is 229. The van der Waals surface area contributed by atoms with Crippen molar-refractivity contribution < 1.29 is 9.59 Å². The van der Waals surface area contributed by atoms with Crippen molar-refractivity contribution in [2.75, 3.05) is 0 Å². The molecule has 20 heavy (non-hydrogen) atoms. The number of hydrogen-bond acceptors (Lipinski definition) is 4. The van der Waals surface area contributed by atoms with Crippen molar-refractivity contribution in [1.82, 2.24) is 0 Å². The maximum absolute atomic E-state index is 11.6. The monoisotopic (exact) mass is 318 g/mol. The summed E-state index contributed by atoms with van der Waals surface area (Å²) in [6.45, 7) is 4.37. The standard InChI is InChI=1S/C16H30O2S2/c1-3-5-7-9-11-13-15(17)19-20-16(18)14-12-10-8-6-4-2/h3-14H2,1-2H3. The molecule has 0 radical (unpaired) electrons. The van der Waals surface area contributed by atoms with Gasteiger partial charge in [-0.3, -0.25) is 9.59 Å². The van der Waals surface area contributed by atoms with Gasteiger partial charge in [0.05, 0.1) is 0 Å². The molecule has 0 aliphatic heterocycles. The van der Waals surface area contributed by atoms with Crippen LogP contribution in [-0.4, -0.2) is 10.2 Å². The lowest BCUT2D eigenvalue weighted by molar-refractivity contribution is -0.112. The van der Waals surface area contributed by atoms with Crippen LogP contribution in [0.2, 0.25) is 0 Å². The predicted molar refractivity (Wildman–Crippen MR) is 91.9 cm³/mol. The molecule has 0 saturated heterocycles. The van der Waals surface area contributed by atoms with E-state index in [1.165, 1.54) is 38.5 Å². The second kappa shape index (κ2) is 15.4. The molecular formula is C16H30O2S2. The van der Waals surface area contributed by atoms with Gasteiger partial charge in [-0.2, -0.15) is 0 Å². The van der Waals surface area contributed by atoms with E-state index in [-0.39, 0.29) is 10.2 Å². The highest BCUT2D eigenvalue weighted by molar-refractivity contribution is 8.87. The zero-order valence-electron chi connectivity index (χ0n) is 13.1. The van der Waals surface area contributed by atoms with Gasteiger partial charge in [0.25, 0.3) is 0 Å². The van der Waals surface area contributed by atoms with Gasteiger partial charge >= 0.3 is 0 Å². The van der Waals surface area contributed by atoms with Crippen molar-refractivity contribution >= 4 is 31.8 Å². The normalized spacial score (nSPS) is 10.7. The Kier molecular flexibility index (Phi) is 15.5. The fourth-order valence-corrected chi connectivity index (χ4v) is 3.62. The lowest BCUT2D eigenvalue weighted by Gasteiger charge is -2.01. The molecule has 0 bridgehead atoms. The Morgan fingerprint density at radius 2 is 0.950 bits per heavy atom. The Morgan fingerprint density at radius 3 is 1.30 bits per heavy atom. The van der Waals surface area contributed by atoms with E-state index in [0.29, 0.717) is 12.8 Å².